The van der Waals surface area contributed by atoms with Crippen LogP contribution in [0, 0.1) is 0 Å². The lowest BCUT2D eigenvalue weighted by Gasteiger charge is -2.28. The first-order valence-corrected chi connectivity index (χ1v) is 8.82. The second kappa shape index (κ2) is 8.91. The normalized spacial score (nSPS) is 14.5. The van der Waals surface area contributed by atoms with Crippen LogP contribution in [0.25, 0.3) is 0 Å². The number of benzene rings is 1. The molecule has 0 aliphatic carbocycles. The smallest absolute Gasteiger partial charge is 0.374 e. The van der Waals surface area contributed by atoms with E-state index in [9.17, 15) is 0 Å². The van der Waals surface area contributed by atoms with Crippen LogP contribution in [-0.4, -0.2) is 22.5 Å². The Morgan fingerprint density at radius 1 is 1.16 bits per heavy atom. The molecule has 1 aromatic carbocycles. The lowest BCUT2D eigenvalue weighted by molar-refractivity contribution is 0.0500. The van der Waals surface area contributed by atoms with E-state index in [2.05, 4.69) is 26.0 Å². The minimum Gasteiger partial charge on any atom is -0.476 e. The van der Waals surface area contributed by atoms with Gasteiger partial charge in [0.15, 0.2) is 6.79 Å². The van der Waals surface area contributed by atoms with E-state index in [1.54, 1.807) is 13.4 Å². The van der Waals surface area contributed by atoms with Gasteiger partial charge in [-0.15, -0.1) is 0 Å². The third kappa shape index (κ3) is 4.82. The summed E-state index contributed by atoms with van der Waals surface area (Å²) in [7, 11) is -0.632. The summed E-state index contributed by atoms with van der Waals surface area (Å²) >= 11 is 0. The van der Waals surface area contributed by atoms with Gasteiger partial charge in [0.25, 0.3) is 0 Å². The molecule has 3 nitrogen and oxygen atoms in total. The summed E-state index contributed by atoms with van der Waals surface area (Å²) in [5, 5.41) is 1.16. The minimum atomic E-state index is -2.36. The average Bonchev–Trinajstić information content (AvgIpc) is 2.47. The first kappa shape index (κ1) is 16.0. The van der Waals surface area contributed by atoms with Crippen molar-refractivity contribution in [3.05, 3.63) is 42.7 Å². The maximum atomic E-state index is 6.00. The van der Waals surface area contributed by atoms with E-state index in [1.165, 1.54) is 0 Å². The largest absolute Gasteiger partial charge is 0.476 e. The number of allylic oxidation sites excluding steroid dienone is 1. The predicted octanol–water partition coefficient (Wildman–Crippen LogP) is 3.31. The molecule has 1 aromatic rings. The Morgan fingerprint density at radius 2 is 1.89 bits per heavy atom. The monoisotopic (exact) mass is 280 g/mol. The Morgan fingerprint density at radius 3 is 2.47 bits per heavy atom. The highest BCUT2D eigenvalue weighted by molar-refractivity contribution is 6.81. The van der Waals surface area contributed by atoms with Gasteiger partial charge in [-0.25, -0.2) is 0 Å². The summed E-state index contributed by atoms with van der Waals surface area (Å²) in [5.74, 6) is 0. The Hall–Kier alpha value is -1.10. The highest BCUT2D eigenvalue weighted by atomic mass is 28.4. The molecule has 0 aliphatic rings. The first-order chi connectivity index (χ1) is 9.29. The predicted molar refractivity (Wildman–Crippen MR) is 80.4 cm³/mol. The van der Waals surface area contributed by atoms with Gasteiger partial charge in [-0.2, -0.15) is 0 Å². The molecule has 1 unspecified atom stereocenters. The van der Waals surface area contributed by atoms with E-state index in [-0.39, 0.29) is 6.79 Å². The van der Waals surface area contributed by atoms with Gasteiger partial charge in [-0.05, 0) is 23.7 Å². The van der Waals surface area contributed by atoms with Crippen LogP contribution in [0.3, 0.4) is 0 Å². The second-order valence-electron chi connectivity index (χ2n) is 4.28. The quantitative estimate of drug-likeness (QED) is 0.301. The Bertz CT molecular complexity index is 367. The fourth-order valence-corrected chi connectivity index (χ4v) is 4.71. The Kier molecular flexibility index (Phi) is 7.48. The lowest BCUT2D eigenvalue weighted by atomic mass is 10.4. The highest BCUT2D eigenvalue weighted by Crippen LogP contribution is 2.15. The van der Waals surface area contributed by atoms with Crippen molar-refractivity contribution in [1.82, 2.24) is 0 Å². The molecule has 0 spiro atoms. The Balaban J connectivity index is 2.72. The van der Waals surface area contributed by atoms with Crippen LogP contribution in [0.5, 0.6) is 0 Å². The van der Waals surface area contributed by atoms with Gasteiger partial charge in [0.2, 0.25) is 0 Å². The van der Waals surface area contributed by atoms with E-state index in [4.69, 9.17) is 13.6 Å². The standard InChI is InChI=1S/C15H24O3Si/c1-4-6-12-17-14-18-19(16-3,13-5-2)15-10-8-7-9-11-15/h6-12H,4-5,13-14H2,1-3H3. The van der Waals surface area contributed by atoms with Gasteiger partial charge < -0.3 is 13.6 Å². The zero-order valence-electron chi connectivity index (χ0n) is 12.1. The van der Waals surface area contributed by atoms with Crippen LogP contribution in [0.15, 0.2) is 42.7 Å². The fraction of sp³-hybridized carbons (Fsp3) is 0.467. The zero-order chi connectivity index (χ0) is 14.0. The van der Waals surface area contributed by atoms with Crippen LogP contribution in [0.2, 0.25) is 6.04 Å². The molecule has 0 fully saturated rings. The Labute approximate surface area is 117 Å². The van der Waals surface area contributed by atoms with E-state index < -0.39 is 8.56 Å². The lowest BCUT2D eigenvalue weighted by Crippen LogP contribution is -2.53. The molecule has 0 amide bonds. The molecule has 0 N–H and O–H groups in total. The molecule has 0 saturated carbocycles. The van der Waals surface area contributed by atoms with Crippen molar-refractivity contribution in [1.29, 1.82) is 0 Å². The van der Waals surface area contributed by atoms with Crippen molar-refractivity contribution in [2.75, 3.05) is 13.9 Å². The summed E-state index contributed by atoms with van der Waals surface area (Å²) in [5.41, 5.74) is 0. The third-order valence-electron chi connectivity index (χ3n) is 2.91. The SMILES string of the molecule is CCC=COCO[Si](CCC)(OC)c1ccccc1. The van der Waals surface area contributed by atoms with Crippen LogP contribution in [0.1, 0.15) is 26.7 Å². The van der Waals surface area contributed by atoms with Gasteiger partial charge in [0.05, 0.1) is 6.26 Å². The molecule has 19 heavy (non-hydrogen) atoms. The maximum absolute atomic E-state index is 6.00. The number of hydrogen-bond donors (Lipinski definition) is 0. The molecule has 106 valence electrons. The summed E-state index contributed by atoms with van der Waals surface area (Å²) in [4.78, 5) is 0. The van der Waals surface area contributed by atoms with Crippen molar-refractivity contribution in [2.45, 2.75) is 32.7 Å². The van der Waals surface area contributed by atoms with Crippen molar-refractivity contribution in [2.24, 2.45) is 0 Å². The molecule has 0 heterocycles. The third-order valence-corrected chi connectivity index (χ3v) is 6.53. The average molecular weight is 280 g/mol. The molecule has 0 aliphatic heterocycles. The second-order valence-corrected chi connectivity index (χ2v) is 7.56. The summed E-state index contributed by atoms with van der Waals surface area (Å²) < 4.78 is 17.1. The molecule has 1 rings (SSSR count). The van der Waals surface area contributed by atoms with E-state index in [1.807, 2.05) is 24.3 Å². The van der Waals surface area contributed by atoms with Crippen molar-refractivity contribution in [3.63, 3.8) is 0 Å². The van der Waals surface area contributed by atoms with Gasteiger partial charge >= 0.3 is 8.56 Å². The van der Waals surface area contributed by atoms with Crippen LogP contribution >= 0.6 is 0 Å². The molecule has 1 atom stereocenters. The van der Waals surface area contributed by atoms with Crippen molar-refractivity contribution < 1.29 is 13.6 Å². The van der Waals surface area contributed by atoms with Gasteiger partial charge in [-0.1, -0.05) is 50.6 Å². The summed E-state index contributed by atoms with van der Waals surface area (Å²) in [6.45, 7) is 4.45. The number of rotatable bonds is 9. The van der Waals surface area contributed by atoms with E-state index in [0.29, 0.717) is 0 Å². The molecule has 0 saturated heterocycles. The first-order valence-electron chi connectivity index (χ1n) is 6.80. The molecular weight excluding hydrogens is 256 g/mol. The van der Waals surface area contributed by atoms with Crippen molar-refractivity contribution in [3.8, 4) is 0 Å². The highest BCUT2D eigenvalue weighted by Gasteiger charge is 2.38. The number of hydrogen-bond acceptors (Lipinski definition) is 3. The minimum absolute atomic E-state index is 0.242. The van der Waals surface area contributed by atoms with Crippen LogP contribution < -0.4 is 5.19 Å². The van der Waals surface area contributed by atoms with Gasteiger partial charge in [-0.3, -0.25) is 0 Å². The topological polar surface area (TPSA) is 27.7 Å². The summed E-state index contributed by atoms with van der Waals surface area (Å²) in [6, 6.07) is 11.1. The van der Waals surface area contributed by atoms with Crippen LogP contribution in [0.4, 0.5) is 0 Å². The van der Waals surface area contributed by atoms with Gasteiger partial charge in [0.1, 0.15) is 0 Å². The molecule has 0 aromatic heterocycles. The maximum Gasteiger partial charge on any atom is 0.374 e. The summed E-state index contributed by atoms with van der Waals surface area (Å²) in [6.07, 6.45) is 5.63. The number of ether oxygens (including phenoxy) is 1. The van der Waals surface area contributed by atoms with Crippen LogP contribution in [-0.2, 0) is 13.6 Å². The molecule has 0 radical (unpaired) electrons. The van der Waals surface area contributed by atoms with E-state index in [0.717, 1.165) is 24.1 Å². The molecule has 4 heteroatoms. The molecule has 0 bridgehead atoms. The van der Waals surface area contributed by atoms with Gasteiger partial charge in [0, 0.05) is 7.11 Å². The molecular formula is C15H24O3Si. The van der Waals surface area contributed by atoms with E-state index >= 15 is 0 Å². The van der Waals surface area contributed by atoms with Crippen molar-refractivity contribution >= 4 is 13.7 Å². The fourth-order valence-electron chi connectivity index (χ4n) is 1.93. The zero-order valence-corrected chi connectivity index (χ0v) is 13.1.